The summed E-state index contributed by atoms with van der Waals surface area (Å²) in [6, 6.07) is 13.6. The highest BCUT2D eigenvalue weighted by atomic mass is 16.1. The molecule has 1 aromatic heterocycles. The number of fused-ring (bicyclic) bond motifs is 1. The summed E-state index contributed by atoms with van der Waals surface area (Å²) in [5.74, 6) is 0.893. The first-order valence-electron chi connectivity index (χ1n) is 8.92. The second kappa shape index (κ2) is 7.11. The molecule has 0 saturated carbocycles. The Balaban J connectivity index is 1.42. The minimum atomic E-state index is 0.0325. The molecule has 5 nitrogen and oxygen atoms in total. The number of hydrogen-bond donors (Lipinski definition) is 1. The van der Waals surface area contributed by atoms with Gasteiger partial charge in [-0.05, 0) is 42.2 Å². The molecule has 0 fully saturated rings. The smallest absolute Gasteiger partial charge is 0.228 e. The minimum absolute atomic E-state index is 0.0325. The van der Waals surface area contributed by atoms with E-state index in [0.717, 1.165) is 52.2 Å². The zero-order chi connectivity index (χ0) is 18.8. The number of amides is 1. The molecular formula is C22H19N3O2. The maximum atomic E-state index is 11.5. The van der Waals surface area contributed by atoms with Crippen molar-refractivity contribution in [3.63, 3.8) is 0 Å². The minimum Gasteiger partial charge on any atom is -0.326 e. The molecule has 5 heteroatoms. The number of aromatic nitrogens is 2. The summed E-state index contributed by atoms with van der Waals surface area (Å²) in [6.45, 7) is 1.57. The number of ketones is 1. The molecule has 1 aliphatic rings. The predicted molar refractivity (Wildman–Crippen MR) is 104 cm³/mol. The monoisotopic (exact) mass is 357 g/mol. The lowest BCUT2D eigenvalue weighted by atomic mass is 10.0. The number of anilines is 1. The highest BCUT2D eigenvalue weighted by molar-refractivity contribution is 5.99. The fourth-order valence-corrected chi connectivity index (χ4v) is 3.20. The average Bonchev–Trinajstić information content (AvgIpc) is 3.06. The highest BCUT2D eigenvalue weighted by Crippen LogP contribution is 2.28. The van der Waals surface area contributed by atoms with Gasteiger partial charge in [0.05, 0.1) is 6.42 Å². The summed E-state index contributed by atoms with van der Waals surface area (Å²) >= 11 is 0. The van der Waals surface area contributed by atoms with Crippen molar-refractivity contribution in [3.8, 4) is 11.1 Å². The summed E-state index contributed by atoms with van der Waals surface area (Å²) in [4.78, 5) is 31.8. The Hall–Kier alpha value is -3.34. The number of nitrogens with one attached hydrogen (secondary N) is 1. The number of carbonyl (C=O) groups is 2. The molecule has 134 valence electrons. The van der Waals surface area contributed by atoms with Crippen molar-refractivity contribution in [3.05, 3.63) is 77.4 Å². The largest absolute Gasteiger partial charge is 0.326 e. The van der Waals surface area contributed by atoms with Crippen molar-refractivity contribution >= 4 is 17.4 Å². The lowest BCUT2D eigenvalue weighted by molar-refractivity contribution is -0.115. The van der Waals surface area contributed by atoms with Crippen LogP contribution in [0, 0.1) is 0 Å². The maximum Gasteiger partial charge on any atom is 0.228 e. The second-order valence-corrected chi connectivity index (χ2v) is 6.74. The van der Waals surface area contributed by atoms with E-state index < -0.39 is 0 Å². The van der Waals surface area contributed by atoms with Gasteiger partial charge in [-0.2, -0.15) is 0 Å². The van der Waals surface area contributed by atoms with Crippen LogP contribution in [0.4, 0.5) is 5.69 Å². The summed E-state index contributed by atoms with van der Waals surface area (Å²) in [6.07, 6.45) is 5.64. The molecule has 1 aliphatic heterocycles. The number of hydrogen-bond acceptors (Lipinski definition) is 4. The first-order valence-corrected chi connectivity index (χ1v) is 8.92. The van der Waals surface area contributed by atoms with Crippen LogP contribution in [0.5, 0.6) is 0 Å². The lowest BCUT2D eigenvalue weighted by Gasteiger charge is -2.06. The van der Waals surface area contributed by atoms with Gasteiger partial charge < -0.3 is 5.32 Å². The van der Waals surface area contributed by atoms with Gasteiger partial charge in [-0.15, -0.1) is 0 Å². The molecule has 0 radical (unpaired) electrons. The standard InChI is InChI=1S/C22H19N3O2/c1-14(26)16-5-2-15(3-6-16)4-9-21-23-12-19(13-24-21)17-7-8-20-18(10-17)11-22(27)25-20/h2-3,5-8,10,12-13H,4,9,11H2,1H3,(H,25,27). The first kappa shape index (κ1) is 17.1. The SMILES string of the molecule is CC(=O)c1ccc(CCc2ncc(-c3ccc4c(c3)CC(=O)N4)cn2)cc1. The zero-order valence-electron chi connectivity index (χ0n) is 15.0. The third kappa shape index (κ3) is 3.77. The summed E-state index contributed by atoms with van der Waals surface area (Å²) in [5.41, 5.74) is 5.73. The van der Waals surface area contributed by atoms with E-state index in [1.54, 1.807) is 6.92 Å². The Labute approximate surface area is 157 Å². The number of aryl methyl sites for hydroxylation is 2. The molecule has 0 spiro atoms. The van der Waals surface area contributed by atoms with Crippen molar-refractivity contribution in [2.75, 3.05) is 5.32 Å². The van der Waals surface area contributed by atoms with Gasteiger partial charge in [-0.1, -0.05) is 30.3 Å². The molecule has 1 amide bonds. The van der Waals surface area contributed by atoms with Gasteiger partial charge in [-0.3, -0.25) is 9.59 Å². The average molecular weight is 357 g/mol. The van der Waals surface area contributed by atoms with Crippen molar-refractivity contribution in [1.82, 2.24) is 9.97 Å². The summed E-state index contributed by atoms with van der Waals surface area (Å²) in [5, 5.41) is 2.84. The van der Waals surface area contributed by atoms with Crippen molar-refractivity contribution in [2.24, 2.45) is 0 Å². The van der Waals surface area contributed by atoms with Crippen LogP contribution in [-0.4, -0.2) is 21.7 Å². The van der Waals surface area contributed by atoms with Crippen molar-refractivity contribution in [2.45, 2.75) is 26.2 Å². The Kier molecular flexibility index (Phi) is 4.50. The molecule has 1 N–H and O–H groups in total. The van der Waals surface area contributed by atoms with E-state index in [1.165, 1.54) is 0 Å². The third-order valence-electron chi connectivity index (χ3n) is 4.77. The Morgan fingerprint density at radius 2 is 1.74 bits per heavy atom. The maximum absolute atomic E-state index is 11.5. The summed E-state index contributed by atoms with van der Waals surface area (Å²) in [7, 11) is 0. The third-order valence-corrected chi connectivity index (χ3v) is 4.77. The van der Waals surface area contributed by atoms with Crippen LogP contribution < -0.4 is 5.32 Å². The second-order valence-electron chi connectivity index (χ2n) is 6.74. The van der Waals surface area contributed by atoms with Gasteiger partial charge in [0.2, 0.25) is 5.91 Å². The van der Waals surface area contributed by atoms with Gasteiger partial charge >= 0.3 is 0 Å². The summed E-state index contributed by atoms with van der Waals surface area (Å²) < 4.78 is 0. The number of nitrogens with zero attached hydrogens (tertiary/aromatic N) is 2. The number of rotatable bonds is 5. The van der Waals surface area contributed by atoms with E-state index in [4.69, 9.17) is 0 Å². The molecular weight excluding hydrogens is 338 g/mol. The number of benzene rings is 2. The zero-order valence-corrected chi connectivity index (χ0v) is 15.0. The first-order chi connectivity index (χ1) is 13.1. The van der Waals surface area contributed by atoms with E-state index in [2.05, 4.69) is 15.3 Å². The van der Waals surface area contributed by atoms with Gasteiger partial charge in [0.25, 0.3) is 0 Å². The lowest BCUT2D eigenvalue weighted by Crippen LogP contribution is -2.03. The van der Waals surface area contributed by atoms with E-state index in [9.17, 15) is 9.59 Å². The fourth-order valence-electron chi connectivity index (χ4n) is 3.20. The Bertz CT molecular complexity index is 1010. The Morgan fingerprint density at radius 3 is 2.44 bits per heavy atom. The molecule has 0 atom stereocenters. The molecule has 2 heterocycles. The predicted octanol–water partition coefficient (Wildman–Crippen LogP) is 3.63. The van der Waals surface area contributed by atoms with Crippen LogP contribution in [0.3, 0.4) is 0 Å². The van der Waals surface area contributed by atoms with Crippen LogP contribution in [0.1, 0.15) is 34.2 Å². The van der Waals surface area contributed by atoms with Crippen LogP contribution in [0.15, 0.2) is 54.9 Å². The quantitative estimate of drug-likeness (QED) is 0.708. The van der Waals surface area contributed by atoms with Gasteiger partial charge in [0.1, 0.15) is 5.82 Å². The van der Waals surface area contributed by atoms with Crippen molar-refractivity contribution < 1.29 is 9.59 Å². The topological polar surface area (TPSA) is 72.0 Å². The van der Waals surface area contributed by atoms with E-state index in [-0.39, 0.29) is 11.7 Å². The van der Waals surface area contributed by atoms with Gasteiger partial charge in [0.15, 0.2) is 5.78 Å². The molecule has 2 aromatic carbocycles. The number of carbonyl (C=O) groups excluding carboxylic acids is 2. The molecule has 4 rings (SSSR count). The molecule has 27 heavy (non-hydrogen) atoms. The molecule has 0 aliphatic carbocycles. The number of Topliss-reactive ketones (excluding diaryl/α,β-unsaturated/α-hetero) is 1. The van der Waals surface area contributed by atoms with E-state index in [1.807, 2.05) is 54.9 Å². The normalized spacial score (nSPS) is 12.6. The van der Waals surface area contributed by atoms with Gasteiger partial charge in [-0.25, -0.2) is 9.97 Å². The Morgan fingerprint density at radius 1 is 1.00 bits per heavy atom. The van der Waals surface area contributed by atoms with Crippen LogP contribution in [0.25, 0.3) is 11.1 Å². The van der Waals surface area contributed by atoms with E-state index in [0.29, 0.717) is 6.42 Å². The van der Waals surface area contributed by atoms with Crippen LogP contribution in [0.2, 0.25) is 0 Å². The van der Waals surface area contributed by atoms with Crippen LogP contribution in [-0.2, 0) is 24.1 Å². The highest BCUT2D eigenvalue weighted by Gasteiger charge is 2.17. The fraction of sp³-hybridized carbons (Fsp3) is 0.182. The molecule has 0 unspecified atom stereocenters. The van der Waals surface area contributed by atoms with E-state index >= 15 is 0 Å². The van der Waals surface area contributed by atoms with Crippen LogP contribution >= 0.6 is 0 Å². The van der Waals surface area contributed by atoms with Gasteiger partial charge in [0, 0.05) is 35.6 Å². The molecule has 3 aromatic rings. The molecule has 0 bridgehead atoms. The molecule has 0 saturated heterocycles. The van der Waals surface area contributed by atoms with Crippen molar-refractivity contribution in [1.29, 1.82) is 0 Å².